The van der Waals surface area contributed by atoms with Gasteiger partial charge in [0.05, 0.1) is 18.5 Å². The van der Waals surface area contributed by atoms with E-state index in [1.807, 2.05) is 38.4 Å². The molecule has 1 heterocycles. The molecular formula is C21H23ClF3N3O. The zero-order valence-corrected chi connectivity index (χ0v) is 17.2. The van der Waals surface area contributed by atoms with Gasteiger partial charge in [0, 0.05) is 12.1 Å². The van der Waals surface area contributed by atoms with Crippen LogP contribution < -0.4 is 4.74 Å². The Bertz CT molecular complexity index is 920. The SMILES string of the molecule is COc1ccc(-n2nc(C(F)(F)F)cc2-c2ccc(CCN(C)C)cc2)cc1.Cl. The first-order chi connectivity index (χ1) is 13.3. The number of likely N-dealkylation sites (N-methyl/N-ethyl adjacent to an activating group) is 1. The molecule has 1 aromatic heterocycles. The van der Waals surface area contributed by atoms with Crippen molar-refractivity contribution in [3.8, 4) is 22.7 Å². The Kier molecular flexibility index (Phi) is 7.32. The molecule has 3 aromatic rings. The third-order valence-corrected chi connectivity index (χ3v) is 4.41. The largest absolute Gasteiger partial charge is 0.497 e. The van der Waals surface area contributed by atoms with E-state index in [0.717, 1.165) is 24.6 Å². The molecule has 0 spiro atoms. The third-order valence-electron chi connectivity index (χ3n) is 4.41. The number of benzene rings is 2. The van der Waals surface area contributed by atoms with Gasteiger partial charge in [0.1, 0.15) is 5.75 Å². The molecule has 8 heteroatoms. The fraction of sp³-hybridized carbons (Fsp3) is 0.286. The van der Waals surface area contributed by atoms with Gasteiger partial charge in [-0.05, 0) is 56.4 Å². The fourth-order valence-corrected chi connectivity index (χ4v) is 2.84. The molecule has 0 amide bonds. The number of aromatic nitrogens is 2. The zero-order chi connectivity index (χ0) is 20.3. The van der Waals surface area contributed by atoms with Gasteiger partial charge in [-0.1, -0.05) is 24.3 Å². The number of halogens is 4. The Morgan fingerprint density at radius 3 is 2.14 bits per heavy atom. The van der Waals surface area contributed by atoms with Gasteiger partial charge >= 0.3 is 6.18 Å². The number of hydrogen-bond acceptors (Lipinski definition) is 3. The highest BCUT2D eigenvalue weighted by molar-refractivity contribution is 5.85. The molecule has 0 atom stereocenters. The quantitative estimate of drug-likeness (QED) is 0.551. The predicted octanol–water partition coefficient (Wildman–Crippen LogP) is 5.09. The Morgan fingerprint density at radius 1 is 1.00 bits per heavy atom. The average Bonchev–Trinajstić information content (AvgIpc) is 3.13. The minimum absolute atomic E-state index is 0. The van der Waals surface area contributed by atoms with E-state index in [-0.39, 0.29) is 12.4 Å². The van der Waals surface area contributed by atoms with E-state index in [4.69, 9.17) is 4.74 Å². The number of ether oxygens (including phenoxy) is 1. The van der Waals surface area contributed by atoms with Crippen LogP contribution in [0.2, 0.25) is 0 Å². The summed E-state index contributed by atoms with van der Waals surface area (Å²) < 4.78 is 46.2. The van der Waals surface area contributed by atoms with Crippen molar-refractivity contribution >= 4 is 12.4 Å². The number of nitrogens with zero attached hydrogens (tertiary/aromatic N) is 3. The van der Waals surface area contributed by atoms with E-state index in [9.17, 15) is 13.2 Å². The van der Waals surface area contributed by atoms with Gasteiger partial charge in [-0.15, -0.1) is 12.4 Å². The minimum Gasteiger partial charge on any atom is -0.497 e. The van der Waals surface area contributed by atoms with Crippen molar-refractivity contribution in [1.82, 2.24) is 14.7 Å². The molecule has 2 aromatic carbocycles. The van der Waals surface area contributed by atoms with Crippen LogP contribution in [0.4, 0.5) is 13.2 Å². The zero-order valence-electron chi connectivity index (χ0n) is 16.4. The lowest BCUT2D eigenvalue weighted by Gasteiger charge is -2.11. The first-order valence-electron chi connectivity index (χ1n) is 8.83. The van der Waals surface area contributed by atoms with Crippen molar-refractivity contribution in [2.24, 2.45) is 0 Å². The van der Waals surface area contributed by atoms with Crippen LogP contribution in [0.5, 0.6) is 5.75 Å². The molecule has 0 aliphatic heterocycles. The summed E-state index contributed by atoms with van der Waals surface area (Å²) >= 11 is 0. The summed E-state index contributed by atoms with van der Waals surface area (Å²) in [6.45, 7) is 0.904. The Hall–Kier alpha value is -2.51. The maximum atomic E-state index is 13.3. The van der Waals surface area contributed by atoms with E-state index in [1.54, 1.807) is 24.3 Å². The van der Waals surface area contributed by atoms with Crippen molar-refractivity contribution in [3.05, 3.63) is 65.9 Å². The molecule has 0 aliphatic rings. The predicted molar refractivity (Wildman–Crippen MR) is 110 cm³/mol. The molecule has 0 unspecified atom stereocenters. The maximum absolute atomic E-state index is 13.3. The van der Waals surface area contributed by atoms with Gasteiger partial charge < -0.3 is 9.64 Å². The molecule has 0 saturated carbocycles. The summed E-state index contributed by atoms with van der Waals surface area (Å²) in [6.07, 6.45) is -3.64. The van der Waals surface area contributed by atoms with Gasteiger partial charge in [-0.25, -0.2) is 4.68 Å². The van der Waals surface area contributed by atoms with Crippen LogP contribution in [0.15, 0.2) is 54.6 Å². The smallest absolute Gasteiger partial charge is 0.435 e. The van der Waals surface area contributed by atoms with Gasteiger partial charge in [0.2, 0.25) is 0 Å². The van der Waals surface area contributed by atoms with Crippen LogP contribution >= 0.6 is 12.4 Å². The van der Waals surface area contributed by atoms with Crippen molar-refractivity contribution in [3.63, 3.8) is 0 Å². The molecule has 29 heavy (non-hydrogen) atoms. The van der Waals surface area contributed by atoms with Gasteiger partial charge in [0.15, 0.2) is 5.69 Å². The Balaban J connectivity index is 0.00000300. The number of rotatable bonds is 6. The molecule has 3 rings (SSSR count). The second-order valence-corrected chi connectivity index (χ2v) is 6.77. The van der Waals surface area contributed by atoms with Crippen LogP contribution in [0.3, 0.4) is 0 Å². The lowest BCUT2D eigenvalue weighted by Crippen LogP contribution is -2.14. The van der Waals surface area contributed by atoms with E-state index < -0.39 is 11.9 Å². The van der Waals surface area contributed by atoms with Crippen molar-refractivity contribution in [1.29, 1.82) is 0 Å². The summed E-state index contributed by atoms with van der Waals surface area (Å²) in [7, 11) is 5.54. The number of alkyl halides is 3. The molecule has 0 bridgehead atoms. The summed E-state index contributed by atoms with van der Waals surface area (Å²) in [5.41, 5.74) is 1.80. The summed E-state index contributed by atoms with van der Waals surface area (Å²) in [5.74, 6) is 0.624. The highest BCUT2D eigenvalue weighted by Crippen LogP contribution is 2.33. The normalized spacial score (nSPS) is 11.4. The van der Waals surface area contributed by atoms with E-state index in [2.05, 4.69) is 10.00 Å². The summed E-state index contributed by atoms with van der Waals surface area (Å²) in [6, 6.07) is 15.4. The van der Waals surface area contributed by atoms with Crippen molar-refractivity contribution in [2.45, 2.75) is 12.6 Å². The van der Waals surface area contributed by atoms with Crippen LogP contribution in [-0.2, 0) is 12.6 Å². The highest BCUT2D eigenvalue weighted by Gasteiger charge is 2.35. The highest BCUT2D eigenvalue weighted by atomic mass is 35.5. The van der Waals surface area contributed by atoms with E-state index in [1.165, 1.54) is 11.8 Å². The molecule has 0 saturated heterocycles. The summed E-state index contributed by atoms with van der Waals surface area (Å²) in [5, 5.41) is 3.81. The molecule has 0 N–H and O–H groups in total. The minimum atomic E-state index is -4.52. The second kappa shape index (κ2) is 9.33. The Labute approximate surface area is 174 Å². The molecule has 4 nitrogen and oxygen atoms in total. The van der Waals surface area contributed by atoms with E-state index >= 15 is 0 Å². The monoisotopic (exact) mass is 425 g/mol. The second-order valence-electron chi connectivity index (χ2n) is 6.77. The average molecular weight is 426 g/mol. The maximum Gasteiger partial charge on any atom is 0.435 e. The van der Waals surface area contributed by atoms with Gasteiger partial charge in [-0.3, -0.25) is 0 Å². The lowest BCUT2D eigenvalue weighted by molar-refractivity contribution is -0.141. The van der Waals surface area contributed by atoms with Gasteiger partial charge in [-0.2, -0.15) is 18.3 Å². The van der Waals surface area contributed by atoms with Crippen LogP contribution in [-0.4, -0.2) is 42.4 Å². The van der Waals surface area contributed by atoms with E-state index in [0.29, 0.717) is 22.7 Å². The van der Waals surface area contributed by atoms with Crippen LogP contribution in [0.25, 0.3) is 16.9 Å². The standard InChI is InChI=1S/C21H22F3N3O.ClH/c1-26(2)13-12-15-4-6-16(7-5-15)19-14-20(21(22,23)24)25-27(19)17-8-10-18(28-3)11-9-17;/h4-11,14H,12-13H2,1-3H3;1H. The summed E-state index contributed by atoms with van der Waals surface area (Å²) in [4.78, 5) is 2.09. The molecule has 0 radical (unpaired) electrons. The molecular weight excluding hydrogens is 403 g/mol. The first-order valence-corrected chi connectivity index (χ1v) is 8.83. The topological polar surface area (TPSA) is 30.3 Å². The van der Waals surface area contributed by atoms with Gasteiger partial charge in [0.25, 0.3) is 0 Å². The third kappa shape index (κ3) is 5.52. The number of methoxy groups -OCH3 is 1. The molecule has 0 aliphatic carbocycles. The fourth-order valence-electron chi connectivity index (χ4n) is 2.84. The Morgan fingerprint density at radius 2 is 1.62 bits per heavy atom. The van der Waals surface area contributed by atoms with Crippen LogP contribution in [0, 0.1) is 0 Å². The van der Waals surface area contributed by atoms with Crippen LogP contribution in [0.1, 0.15) is 11.3 Å². The van der Waals surface area contributed by atoms with Crippen molar-refractivity contribution < 1.29 is 17.9 Å². The molecule has 156 valence electrons. The molecule has 0 fully saturated rings. The lowest BCUT2D eigenvalue weighted by atomic mass is 10.1. The number of hydrogen-bond donors (Lipinski definition) is 0. The first kappa shape index (κ1) is 22.8. The van der Waals surface area contributed by atoms with Crippen molar-refractivity contribution in [2.75, 3.05) is 27.7 Å².